The van der Waals surface area contributed by atoms with Crippen LogP contribution in [0.4, 0.5) is 0 Å². The number of hydrogen-bond donors (Lipinski definition) is 1. The van der Waals surface area contributed by atoms with Gasteiger partial charge in [-0.15, -0.1) is 0 Å². The number of pyridine rings is 1. The molecule has 1 aliphatic rings. The topological polar surface area (TPSA) is 39.6 Å². The van der Waals surface area contributed by atoms with Crippen LogP contribution in [-0.4, -0.2) is 58.7 Å². The van der Waals surface area contributed by atoms with Crippen LogP contribution in [-0.2, 0) is 6.54 Å². The number of aromatic nitrogens is 1. The van der Waals surface area contributed by atoms with Crippen molar-refractivity contribution in [2.24, 2.45) is 5.92 Å². The summed E-state index contributed by atoms with van der Waals surface area (Å²) >= 11 is 0. The van der Waals surface area contributed by atoms with E-state index in [1.807, 2.05) is 12.4 Å². The van der Waals surface area contributed by atoms with Crippen molar-refractivity contribution >= 4 is 0 Å². The van der Waals surface area contributed by atoms with E-state index in [1.165, 1.54) is 5.56 Å². The summed E-state index contributed by atoms with van der Waals surface area (Å²) in [5, 5.41) is 9.29. The van der Waals surface area contributed by atoms with E-state index in [0.717, 1.165) is 39.1 Å². The number of hydrogen-bond acceptors (Lipinski definition) is 4. The minimum absolute atomic E-state index is 0.280. The molecule has 20 heavy (non-hydrogen) atoms. The van der Waals surface area contributed by atoms with Crippen molar-refractivity contribution in [1.29, 1.82) is 0 Å². The Morgan fingerprint density at radius 2 is 2.05 bits per heavy atom. The summed E-state index contributed by atoms with van der Waals surface area (Å²) in [6, 6.07) is 4.65. The van der Waals surface area contributed by atoms with E-state index in [-0.39, 0.29) is 6.61 Å². The van der Waals surface area contributed by atoms with Crippen molar-refractivity contribution in [3.05, 3.63) is 30.1 Å². The van der Waals surface area contributed by atoms with Gasteiger partial charge in [-0.2, -0.15) is 0 Å². The van der Waals surface area contributed by atoms with Gasteiger partial charge in [-0.05, 0) is 30.0 Å². The summed E-state index contributed by atoms with van der Waals surface area (Å²) in [4.78, 5) is 9.11. The molecule has 0 aliphatic carbocycles. The molecule has 0 saturated carbocycles. The molecule has 1 aromatic rings. The van der Waals surface area contributed by atoms with Crippen LogP contribution in [0.3, 0.4) is 0 Å². The van der Waals surface area contributed by atoms with Crippen molar-refractivity contribution < 1.29 is 5.11 Å². The van der Waals surface area contributed by atoms with Gasteiger partial charge in [0.2, 0.25) is 0 Å². The van der Waals surface area contributed by atoms with Crippen LogP contribution in [0.5, 0.6) is 0 Å². The molecular formula is C16H27N3O. The first kappa shape index (κ1) is 15.4. The van der Waals surface area contributed by atoms with Crippen LogP contribution in [0.15, 0.2) is 24.5 Å². The number of nitrogens with zero attached hydrogens (tertiary/aromatic N) is 3. The molecule has 0 amide bonds. The summed E-state index contributed by atoms with van der Waals surface area (Å²) in [6.07, 6.45) is 4.59. The molecule has 0 aromatic carbocycles. The molecule has 112 valence electrons. The van der Waals surface area contributed by atoms with E-state index < -0.39 is 0 Å². The number of aliphatic hydroxyl groups is 1. The SMILES string of the molecule is CC(C)CN1CCN(Cc2ccncc2)C[C@@H]1CCO. The van der Waals surface area contributed by atoms with Crippen molar-refractivity contribution in [1.82, 2.24) is 14.8 Å². The summed E-state index contributed by atoms with van der Waals surface area (Å²) < 4.78 is 0. The zero-order chi connectivity index (χ0) is 14.4. The Kier molecular flexibility index (Phi) is 5.95. The van der Waals surface area contributed by atoms with Gasteiger partial charge in [0, 0.05) is 57.8 Å². The first-order valence-corrected chi connectivity index (χ1v) is 7.65. The fourth-order valence-corrected chi connectivity index (χ4v) is 2.98. The summed E-state index contributed by atoms with van der Waals surface area (Å²) in [6.45, 7) is 10.2. The molecule has 2 heterocycles. The largest absolute Gasteiger partial charge is 0.396 e. The average molecular weight is 277 g/mol. The van der Waals surface area contributed by atoms with Crippen LogP contribution in [0.25, 0.3) is 0 Å². The molecule has 4 nitrogen and oxygen atoms in total. The Morgan fingerprint density at radius 1 is 1.30 bits per heavy atom. The molecular weight excluding hydrogens is 250 g/mol. The van der Waals surface area contributed by atoms with Gasteiger partial charge in [-0.3, -0.25) is 14.8 Å². The van der Waals surface area contributed by atoms with Gasteiger partial charge >= 0.3 is 0 Å². The molecule has 1 atom stereocenters. The van der Waals surface area contributed by atoms with Gasteiger partial charge in [0.25, 0.3) is 0 Å². The van der Waals surface area contributed by atoms with E-state index in [4.69, 9.17) is 0 Å². The minimum Gasteiger partial charge on any atom is -0.396 e. The van der Waals surface area contributed by atoms with Crippen molar-refractivity contribution in [2.45, 2.75) is 32.9 Å². The summed E-state index contributed by atoms with van der Waals surface area (Å²) in [5.41, 5.74) is 1.32. The van der Waals surface area contributed by atoms with Crippen LogP contribution < -0.4 is 0 Å². The standard InChI is InChI=1S/C16H27N3O/c1-14(2)11-19-9-8-18(13-16(19)5-10-20)12-15-3-6-17-7-4-15/h3-4,6-7,14,16,20H,5,8-13H2,1-2H3/t16-/m0/s1. The Morgan fingerprint density at radius 3 is 2.70 bits per heavy atom. The lowest BCUT2D eigenvalue weighted by Gasteiger charge is -2.42. The van der Waals surface area contributed by atoms with Crippen LogP contribution in [0.2, 0.25) is 0 Å². The predicted molar refractivity (Wildman–Crippen MR) is 81.4 cm³/mol. The lowest BCUT2D eigenvalue weighted by molar-refractivity contribution is 0.0477. The molecule has 0 unspecified atom stereocenters. The highest BCUT2D eigenvalue weighted by molar-refractivity contribution is 5.09. The second-order valence-electron chi connectivity index (χ2n) is 6.15. The Labute approximate surface area is 122 Å². The molecule has 0 bridgehead atoms. The highest BCUT2D eigenvalue weighted by Crippen LogP contribution is 2.16. The molecule has 1 aliphatic heterocycles. The van der Waals surface area contributed by atoms with E-state index >= 15 is 0 Å². The van der Waals surface area contributed by atoms with Crippen molar-refractivity contribution in [3.8, 4) is 0 Å². The van der Waals surface area contributed by atoms with Gasteiger partial charge < -0.3 is 5.11 Å². The number of aliphatic hydroxyl groups excluding tert-OH is 1. The van der Waals surface area contributed by atoms with Gasteiger partial charge in [-0.25, -0.2) is 0 Å². The maximum atomic E-state index is 9.29. The monoisotopic (exact) mass is 277 g/mol. The first-order valence-electron chi connectivity index (χ1n) is 7.65. The molecule has 1 fully saturated rings. The second-order valence-corrected chi connectivity index (χ2v) is 6.15. The third-order valence-electron chi connectivity index (χ3n) is 3.91. The molecule has 2 rings (SSSR count). The molecule has 1 N–H and O–H groups in total. The Hall–Kier alpha value is -0.970. The zero-order valence-electron chi connectivity index (χ0n) is 12.7. The highest BCUT2D eigenvalue weighted by Gasteiger charge is 2.26. The Balaban J connectivity index is 1.92. The van der Waals surface area contributed by atoms with Gasteiger partial charge in [0.1, 0.15) is 0 Å². The fraction of sp³-hybridized carbons (Fsp3) is 0.688. The maximum absolute atomic E-state index is 9.29. The first-order chi connectivity index (χ1) is 9.69. The second kappa shape index (κ2) is 7.72. The molecule has 4 heteroatoms. The van der Waals surface area contributed by atoms with E-state index in [0.29, 0.717) is 12.0 Å². The van der Waals surface area contributed by atoms with Crippen LogP contribution in [0.1, 0.15) is 25.8 Å². The predicted octanol–water partition coefficient (Wildman–Crippen LogP) is 1.61. The molecule has 1 aromatic heterocycles. The zero-order valence-corrected chi connectivity index (χ0v) is 12.7. The fourth-order valence-electron chi connectivity index (χ4n) is 2.98. The summed E-state index contributed by atoms with van der Waals surface area (Å²) in [7, 11) is 0. The van der Waals surface area contributed by atoms with Gasteiger partial charge in [0.05, 0.1) is 0 Å². The van der Waals surface area contributed by atoms with Gasteiger partial charge in [-0.1, -0.05) is 13.8 Å². The highest BCUT2D eigenvalue weighted by atomic mass is 16.3. The maximum Gasteiger partial charge on any atom is 0.0446 e. The quantitative estimate of drug-likeness (QED) is 0.857. The summed E-state index contributed by atoms with van der Waals surface area (Å²) in [5.74, 6) is 0.683. The number of rotatable bonds is 6. The van der Waals surface area contributed by atoms with E-state index in [2.05, 4.69) is 40.8 Å². The van der Waals surface area contributed by atoms with Crippen molar-refractivity contribution in [2.75, 3.05) is 32.8 Å². The van der Waals surface area contributed by atoms with E-state index in [1.54, 1.807) is 0 Å². The smallest absolute Gasteiger partial charge is 0.0446 e. The Bertz CT molecular complexity index is 383. The van der Waals surface area contributed by atoms with Gasteiger partial charge in [0.15, 0.2) is 0 Å². The minimum atomic E-state index is 0.280. The third kappa shape index (κ3) is 4.54. The van der Waals surface area contributed by atoms with Crippen LogP contribution in [0, 0.1) is 5.92 Å². The van der Waals surface area contributed by atoms with Crippen molar-refractivity contribution in [3.63, 3.8) is 0 Å². The normalized spacial score (nSPS) is 21.5. The molecule has 1 saturated heterocycles. The number of piperazine rings is 1. The molecule has 0 spiro atoms. The lowest BCUT2D eigenvalue weighted by atomic mass is 10.1. The third-order valence-corrected chi connectivity index (χ3v) is 3.91. The lowest BCUT2D eigenvalue weighted by Crippen LogP contribution is -2.53. The molecule has 0 radical (unpaired) electrons. The van der Waals surface area contributed by atoms with Crippen LogP contribution >= 0.6 is 0 Å². The van der Waals surface area contributed by atoms with E-state index in [9.17, 15) is 5.11 Å². The average Bonchev–Trinajstić information content (AvgIpc) is 2.43.